The van der Waals surface area contributed by atoms with Gasteiger partial charge in [0.25, 0.3) is 0 Å². The van der Waals surface area contributed by atoms with E-state index in [0.717, 1.165) is 12.1 Å². The molecule has 1 N–H and O–H groups in total. The first-order valence-electron chi connectivity index (χ1n) is 9.51. The zero-order valence-corrected chi connectivity index (χ0v) is 16.6. The first-order chi connectivity index (χ1) is 14.7. The van der Waals surface area contributed by atoms with Crippen LogP contribution < -0.4 is 5.32 Å². The smallest absolute Gasteiger partial charge is 0.416 e. The SMILES string of the molecule is CCOC1=CC(=O)CC=C1c1ccc(CC(=O)Nc2cccc(C(F)(F)F)c2)c(F)c1. The third-order valence-electron chi connectivity index (χ3n) is 4.55. The number of hydrogen-bond donors (Lipinski definition) is 1. The molecule has 1 amide bonds. The van der Waals surface area contributed by atoms with E-state index < -0.39 is 23.5 Å². The van der Waals surface area contributed by atoms with Crippen LogP contribution in [0.5, 0.6) is 0 Å². The Hall–Kier alpha value is -3.42. The van der Waals surface area contributed by atoms with Crippen LogP contribution >= 0.6 is 0 Å². The lowest BCUT2D eigenvalue weighted by molar-refractivity contribution is -0.137. The number of carbonyl (C=O) groups is 2. The zero-order chi connectivity index (χ0) is 22.6. The molecule has 162 valence electrons. The van der Waals surface area contributed by atoms with E-state index in [0.29, 0.717) is 23.5 Å². The van der Waals surface area contributed by atoms with E-state index in [9.17, 15) is 27.2 Å². The standard InChI is InChI=1S/C23H19F4NO3/c1-2-31-21-13-18(29)8-9-19(21)14-6-7-15(20(24)10-14)11-22(30)28-17-5-3-4-16(12-17)23(25,26)27/h3-7,9-10,12-13H,2,8,11H2,1H3,(H,28,30). The number of rotatable bonds is 6. The maximum atomic E-state index is 14.6. The monoisotopic (exact) mass is 433 g/mol. The number of nitrogens with one attached hydrogen (secondary N) is 1. The van der Waals surface area contributed by atoms with Crippen molar-refractivity contribution in [3.05, 3.63) is 82.9 Å². The second kappa shape index (κ2) is 9.16. The van der Waals surface area contributed by atoms with Gasteiger partial charge in [-0.15, -0.1) is 0 Å². The normalized spacial score (nSPS) is 14.0. The largest absolute Gasteiger partial charge is 0.493 e. The van der Waals surface area contributed by atoms with Gasteiger partial charge in [-0.3, -0.25) is 9.59 Å². The number of hydrogen-bond acceptors (Lipinski definition) is 3. The van der Waals surface area contributed by atoms with Gasteiger partial charge in [0.2, 0.25) is 5.91 Å². The summed E-state index contributed by atoms with van der Waals surface area (Å²) in [5.41, 5.74) is 0.244. The highest BCUT2D eigenvalue weighted by atomic mass is 19.4. The number of ether oxygens (including phenoxy) is 1. The Kier molecular flexibility index (Phi) is 6.58. The van der Waals surface area contributed by atoms with Crippen molar-refractivity contribution in [3.63, 3.8) is 0 Å². The second-order valence-electron chi connectivity index (χ2n) is 6.84. The van der Waals surface area contributed by atoms with Crippen LogP contribution in [0.2, 0.25) is 0 Å². The summed E-state index contributed by atoms with van der Waals surface area (Å²) in [4.78, 5) is 23.8. The van der Waals surface area contributed by atoms with Gasteiger partial charge >= 0.3 is 6.18 Å². The number of allylic oxidation sites excluding steroid dienone is 3. The fraction of sp³-hybridized carbons (Fsp3) is 0.217. The summed E-state index contributed by atoms with van der Waals surface area (Å²) in [6, 6.07) is 8.48. The van der Waals surface area contributed by atoms with E-state index in [1.807, 2.05) is 0 Å². The summed E-state index contributed by atoms with van der Waals surface area (Å²) in [6.07, 6.45) is -1.69. The summed E-state index contributed by atoms with van der Waals surface area (Å²) < 4.78 is 58.5. The third-order valence-corrected chi connectivity index (χ3v) is 4.55. The highest BCUT2D eigenvalue weighted by molar-refractivity contribution is 5.99. The molecule has 0 spiro atoms. The number of anilines is 1. The predicted molar refractivity (Wildman–Crippen MR) is 107 cm³/mol. The number of alkyl halides is 3. The molecule has 0 saturated heterocycles. The fourth-order valence-corrected chi connectivity index (χ4v) is 3.13. The Morgan fingerprint density at radius 3 is 2.61 bits per heavy atom. The van der Waals surface area contributed by atoms with Crippen LogP contribution in [0, 0.1) is 5.82 Å². The Bertz CT molecular complexity index is 1070. The molecule has 4 nitrogen and oxygen atoms in total. The van der Waals surface area contributed by atoms with Gasteiger partial charge in [0.1, 0.15) is 11.6 Å². The van der Waals surface area contributed by atoms with Crippen LogP contribution in [-0.2, 0) is 26.9 Å². The van der Waals surface area contributed by atoms with Crippen molar-refractivity contribution in [3.8, 4) is 0 Å². The Morgan fingerprint density at radius 1 is 1.16 bits per heavy atom. The minimum atomic E-state index is -4.53. The number of amides is 1. The van der Waals surface area contributed by atoms with Gasteiger partial charge in [-0.1, -0.05) is 24.3 Å². The summed E-state index contributed by atoms with van der Waals surface area (Å²) >= 11 is 0. The van der Waals surface area contributed by atoms with Crippen molar-refractivity contribution in [1.29, 1.82) is 0 Å². The molecule has 0 fully saturated rings. The first kappa shape index (κ1) is 22.3. The van der Waals surface area contributed by atoms with E-state index >= 15 is 0 Å². The molecule has 1 aliphatic carbocycles. The molecule has 0 heterocycles. The molecule has 3 rings (SSSR count). The van der Waals surface area contributed by atoms with E-state index in [-0.39, 0.29) is 29.9 Å². The maximum absolute atomic E-state index is 14.6. The van der Waals surface area contributed by atoms with Crippen molar-refractivity contribution in [2.45, 2.75) is 25.9 Å². The minimum absolute atomic E-state index is 0.0274. The van der Waals surface area contributed by atoms with Crippen LogP contribution in [-0.4, -0.2) is 18.3 Å². The van der Waals surface area contributed by atoms with Crippen molar-refractivity contribution in [1.82, 2.24) is 0 Å². The molecule has 8 heteroatoms. The molecule has 0 aliphatic heterocycles. The highest BCUT2D eigenvalue weighted by Crippen LogP contribution is 2.31. The van der Waals surface area contributed by atoms with Gasteiger partial charge < -0.3 is 10.1 Å². The number of halogens is 4. The second-order valence-corrected chi connectivity index (χ2v) is 6.84. The maximum Gasteiger partial charge on any atom is 0.416 e. The minimum Gasteiger partial charge on any atom is -0.493 e. The molecule has 0 radical (unpaired) electrons. The summed E-state index contributed by atoms with van der Waals surface area (Å²) in [6.45, 7) is 2.11. The Morgan fingerprint density at radius 2 is 1.94 bits per heavy atom. The van der Waals surface area contributed by atoms with Crippen LogP contribution in [0.4, 0.5) is 23.2 Å². The van der Waals surface area contributed by atoms with Crippen LogP contribution in [0.1, 0.15) is 30.0 Å². The molecule has 1 aliphatic rings. The van der Waals surface area contributed by atoms with Gasteiger partial charge in [-0.2, -0.15) is 13.2 Å². The summed E-state index contributed by atoms with van der Waals surface area (Å²) in [7, 11) is 0. The average Bonchev–Trinajstić information content (AvgIpc) is 2.69. The van der Waals surface area contributed by atoms with Crippen LogP contribution in [0.3, 0.4) is 0 Å². The van der Waals surface area contributed by atoms with Crippen molar-refractivity contribution < 1.29 is 31.9 Å². The number of ketones is 1. The van der Waals surface area contributed by atoms with Gasteiger partial charge in [-0.25, -0.2) is 4.39 Å². The molecule has 0 aromatic heterocycles. The first-order valence-corrected chi connectivity index (χ1v) is 9.51. The van der Waals surface area contributed by atoms with Crippen molar-refractivity contribution >= 4 is 23.0 Å². The van der Waals surface area contributed by atoms with Gasteiger partial charge in [0.05, 0.1) is 18.6 Å². The van der Waals surface area contributed by atoms with Crippen LogP contribution in [0.15, 0.2) is 60.4 Å². The lowest BCUT2D eigenvalue weighted by atomic mass is 9.95. The summed E-state index contributed by atoms with van der Waals surface area (Å²) in [5.74, 6) is -1.06. The molecule has 31 heavy (non-hydrogen) atoms. The average molecular weight is 433 g/mol. The van der Waals surface area contributed by atoms with E-state index in [4.69, 9.17) is 4.74 Å². The molecule has 0 bridgehead atoms. The number of benzene rings is 2. The Balaban J connectivity index is 1.73. The van der Waals surface area contributed by atoms with E-state index in [2.05, 4.69) is 5.32 Å². The predicted octanol–water partition coefficient (Wildman–Crippen LogP) is 5.30. The third kappa shape index (κ3) is 5.59. The zero-order valence-electron chi connectivity index (χ0n) is 16.6. The Labute approximate surface area is 176 Å². The van der Waals surface area contributed by atoms with E-state index in [1.54, 1.807) is 19.1 Å². The van der Waals surface area contributed by atoms with Gasteiger partial charge in [0.15, 0.2) is 5.78 Å². The molecule has 2 aromatic rings. The molecular weight excluding hydrogens is 414 g/mol. The quantitative estimate of drug-likeness (QED) is 0.629. The van der Waals surface area contributed by atoms with Crippen molar-refractivity contribution in [2.24, 2.45) is 0 Å². The number of carbonyl (C=O) groups excluding carboxylic acids is 2. The fourth-order valence-electron chi connectivity index (χ4n) is 3.13. The van der Waals surface area contributed by atoms with E-state index in [1.165, 1.54) is 30.3 Å². The molecule has 0 atom stereocenters. The van der Waals surface area contributed by atoms with Gasteiger partial charge in [-0.05, 0) is 42.3 Å². The molecule has 0 unspecified atom stereocenters. The van der Waals surface area contributed by atoms with Crippen LogP contribution in [0.25, 0.3) is 5.57 Å². The molecule has 0 saturated carbocycles. The summed E-state index contributed by atoms with van der Waals surface area (Å²) in [5, 5.41) is 2.35. The highest BCUT2D eigenvalue weighted by Gasteiger charge is 2.30. The van der Waals surface area contributed by atoms with Gasteiger partial charge in [0, 0.05) is 23.8 Å². The topological polar surface area (TPSA) is 55.4 Å². The lowest BCUT2D eigenvalue weighted by Gasteiger charge is -2.17. The molecular formula is C23H19F4NO3. The lowest BCUT2D eigenvalue weighted by Crippen LogP contribution is -2.16. The van der Waals surface area contributed by atoms with Crippen molar-refractivity contribution in [2.75, 3.05) is 11.9 Å². The molecule has 2 aromatic carbocycles.